The van der Waals surface area contributed by atoms with Crippen molar-refractivity contribution in [1.82, 2.24) is 0 Å². The van der Waals surface area contributed by atoms with Crippen molar-refractivity contribution in [1.29, 1.82) is 0 Å². The molecular formula is C14H13N2O3+. The summed E-state index contributed by atoms with van der Waals surface area (Å²) in [6, 6.07) is 12.5. The summed E-state index contributed by atoms with van der Waals surface area (Å²) in [7, 11) is 0. The third-order valence-electron chi connectivity index (χ3n) is 2.59. The molecule has 2 aromatic carbocycles. The number of hydrogen-bond donors (Lipinski definition) is 4. The van der Waals surface area contributed by atoms with E-state index in [1.807, 2.05) is 0 Å². The Balaban J connectivity index is 2.34. The SMILES string of the molecule is NC(=[NH+]C(=O)c1ccccc1O)c1ccccc1O. The van der Waals surface area contributed by atoms with Gasteiger partial charge in [-0.25, -0.2) is 9.79 Å². The average molecular weight is 257 g/mol. The van der Waals surface area contributed by atoms with Crippen molar-refractivity contribution in [2.75, 3.05) is 0 Å². The number of aromatic hydroxyl groups is 2. The van der Waals surface area contributed by atoms with E-state index in [4.69, 9.17) is 5.73 Å². The number of nitrogen functional groups attached to an aromatic ring is 1. The molecule has 5 nitrogen and oxygen atoms in total. The maximum Gasteiger partial charge on any atom is 0.342 e. The summed E-state index contributed by atoms with van der Waals surface area (Å²) in [6.07, 6.45) is 0. The lowest BCUT2D eigenvalue weighted by molar-refractivity contribution is -0.345. The maximum absolute atomic E-state index is 11.9. The Morgan fingerprint density at radius 3 is 1.89 bits per heavy atom. The van der Waals surface area contributed by atoms with E-state index in [1.54, 1.807) is 30.3 Å². The highest BCUT2D eigenvalue weighted by atomic mass is 16.3. The molecule has 0 aromatic heterocycles. The van der Waals surface area contributed by atoms with Gasteiger partial charge in [0.1, 0.15) is 22.6 Å². The molecule has 0 saturated heterocycles. The van der Waals surface area contributed by atoms with Crippen LogP contribution in [0.2, 0.25) is 0 Å². The molecule has 0 bridgehead atoms. The molecule has 0 radical (unpaired) electrons. The molecule has 5 N–H and O–H groups in total. The van der Waals surface area contributed by atoms with E-state index in [9.17, 15) is 15.0 Å². The van der Waals surface area contributed by atoms with Crippen molar-refractivity contribution in [3.63, 3.8) is 0 Å². The van der Waals surface area contributed by atoms with Gasteiger partial charge in [-0.3, -0.25) is 5.73 Å². The second-order valence-electron chi connectivity index (χ2n) is 3.90. The van der Waals surface area contributed by atoms with Gasteiger partial charge in [0.25, 0.3) is 5.84 Å². The molecule has 5 heteroatoms. The van der Waals surface area contributed by atoms with Crippen LogP contribution in [0.3, 0.4) is 0 Å². The third-order valence-corrected chi connectivity index (χ3v) is 2.59. The van der Waals surface area contributed by atoms with E-state index in [0.29, 0.717) is 5.56 Å². The number of para-hydroxylation sites is 2. The van der Waals surface area contributed by atoms with Gasteiger partial charge in [0.05, 0.1) is 0 Å². The minimum atomic E-state index is -0.543. The highest BCUT2D eigenvalue weighted by molar-refractivity contribution is 6.00. The molecule has 0 heterocycles. The zero-order chi connectivity index (χ0) is 13.8. The van der Waals surface area contributed by atoms with Crippen LogP contribution in [0.4, 0.5) is 0 Å². The summed E-state index contributed by atoms with van der Waals surface area (Å²) in [4.78, 5) is 14.3. The molecule has 0 aliphatic heterocycles. The highest BCUT2D eigenvalue weighted by Gasteiger charge is 2.15. The van der Waals surface area contributed by atoms with Gasteiger partial charge in [-0.2, -0.15) is 0 Å². The molecule has 2 rings (SSSR count). The summed E-state index contributed by atoms with van der Waals surface area (Å²) < 4.78 is 0. The van der Waals surface area contributed by atoms with Gasteiger partial charge in [0.2, 0.25) is 0 Å². The lowest BCUT2D eigenvalue weighted by Crippen LogP contribution is -2.79. The zero-order valence-corrected chi connectivity index (χ0v) is 10.00. The molecule has 0 spiro atoms. The number of benzene rings is 2. The van der Waals surface area contributed by atoms with Crippen LogP contribution in [-0.4, -0.2) is 22.0 Å². The number of rotatable bonds is 2. The largest absolute Gasteiger partial charge is 0.507 e. The molecule has 96 valence electrons. The Morgan fingerprint density at radius 2 is 1.37 bits per heavy atom. The van der Waals surface area contributed by atoms with Crippen LogP contribution in [0.5, 0.6) is 11.5 Å². The fourth-order valence-corrected chi connectivity index (χ4v) is 1.62. The van der Waals surface area contributed by atoms with Crippen molar-refractivity contribution >= 4 is 11.7 Å². The van der Waals surface area contributed by atoms with E-state index in [0.717, 1.165) is 0 Å². The Labute approximate surface area is 109 Å². The van der Waals surface area contributed by atoms with Crippen LogP contribution in [0.1, 0.15) is 15.9 Å². The molecule has 19 heavy (non-hydrogen) atoms. The maximum atomic E-state index is 11.9. The van der Waals surface area contributed by atoms with Crippen LogP contribution in [0.25, 0.3) is 0 Å². The molecule has 0 fully saturated rings. The number of hydrogen-bond acceptors (Lipinski definition) is 3. The van der Waals surface area contributed by atoms with Gasteiger partial charge in [-0.15, -0.1) is 0 Å². The Bertz CT molecular complexity index is 651. The van der Waals surface area contributed by atoms with Crippen LogP contribution in [0.15, 0.2) is 48.5 Å². The molecule has 0 aliphatic carbocycles. The molecular weight excluding hydrogens is 244 g/mol. The van der Waals surface area contributed by atoms with Gasteiger partial charge in [-0.1, -0.05) is 24.3 Å². The van der Waals surface area contributed by atoms with Crippen molar-refractivity contribution in [3.05, 3.63) is 59.7 Å². The predicted octanol–water partition coefficient (Wildman–Crippen LogP) is -0.276. The number of nitrogens with two attached hydrogens (primary N) is 1. The molecule has 0 atom stereocenters. The third kappa shape index (κ3) is 2.71. The van der Waals surface area contributed by atoms with E-state index >= 15 is 0 Å². The first-order valence-corrected chi connectivity index (χ1v) is 5.59. The highest BCUT2D eigenvalue weighted by Crippen LogP contribution is 2.14. The monoisotopic (exact) mass is 257 g/mol. The quantitative estimate of drug-likeness (QED) is 0.439. The molecule has 2 aromatic rings. The summed E-state index contributed by atoms with van der Waals surface area (Å²) >= 11 is 0. The zero-order valence-electron chi connectivity index (χ0n) is 10.00. The lowest BCUT2D eigenvalue weighted by Gasteiger charge is -2.00. The van der Waals surface area contributed by atoms with Crippen molar-refractivity contribution < 1.29 is 20.0 Å². The van der Waals surface area contributed by atoms with E-state index in [2.05, 4.69) is 4.99 Å². The van der Waals surface area contributed by atoms with Crippen LogP contribution in [-0.2, 0) is 0 Å². The number of carbonyl (C=O) groups excluding carboxylic acids is 1. The number of amidine groups is 1. The first-order chi connectivity index (χ1) is 9.09. The second kappa shape index (κ2) is 5.22. The van der Waals surface area contributed by atoms with Crippen molar-refractivity contribution in [2.45, 2.75) is 0 Å². The van der Waals surface area contributed by atoms with E-state index in [1.165, 1.54) is 18.2 Å². The summed E-state index contributed by atoms with van der Waals surface area (Å²) in [5.41, 5.74) is 6.16. The Morgan fingerprint density at radius 1 is 0.895 bits per heavy atom. The molecule has 0 saturated carbocycles. The normalized spacial score (nSPS) is 11.3. The predicted molar refractivity (Wildman–Crippen MR) is 69.8 cm³/mol. The van der Waals surface area contributed by atoms with Crippen molar-refractivity contribution in [2.24, 2.45) is 5.73 Å². The average Bonchev–Trinajstić information content (AvgIpc) is 2.39. The first-order valence-electron chi connectivity index (χ1n) is 5.59. The fourth-order valence-electron chi connectivity index (χ4n) is 1.62. The van der Waals surface area contributed by atoms with Crippen LogP contribution in [0, 0.1) is 0 Å². The van der Waals surface area contributed by atoms with E-state index in [-0.39, 0.29) is 22.9 Å². The summed E-state index contributed by atoms with van der Waals surface area (Å²) in [6.45, 7) is 0. The molecule has 0 aliphatic rings. The van der Waals surface area contributed by atoms with Crippen LogP contribution < -0.4 is 10.7 Å². The topological polar surface area (TPSA) is 97.5 Å². The summed E-state index contributed by atoms with van der Waals surface area (Å²) in [5, 5.41) is 19.2. The molecule has 0 unspecified atom stereocenters. The Kier molecular flexibility index (Phi) is 3.47. The minimum absolute atomic E-state index is 0.0198. The number of nitrogens with one attached hydrogen (secondary N) is 1. The fraction of sp³-hybridized carbons (Fsp3) is 0. The second-order valence-corrected chi connectivity index (χ2v) is 3.90. The van der Waals surface area contributed by atoms with Crippen LogP contribution >= 0.6 is 0 Å². The first kappa shape index (κ1) is 12.6. The number of amides is 1. The van der Waals surface area contributed by atoms with Gasteiger partial charge >= 0.3 is 5.91 Å². The van der Waals surface area contributed by atoms with Gasteiger partial charge in [0.15, 0.2) is 0 Å². The minimum Gasteiger partial charge on any atom is -0.507 e. The van der Waals surface area contributed by atoms with Gasteiger partial charge < -0.3 is 10.2 Å². The van der Waals surface area contributed by atoms with Gasteiger partial charge in [-0.05, 0) is 24.3 Å². The lowest BCUT2D eigenvalue weighted by atomic mass is 10.1. The van der Waals surface area contributed by atoms with Crippen molar-refractivity contribution in [3.8, 4) is 11.5 Å². The number of phenolic OH excluding ortho intramolecular Hbond substituents is 2. The number of phenols is 2. The smallest absolute Gasteiger partial charge is 0.342 e. The summed E-state index contributed by atoms with van der Waals surface area (Å²) in [5.74, 6) is -0.687. The standard InChI is InChI=1S/C14H12N2O3/c15-13(9-5-1-3-7-11(9)17)16-14(19)10-6-2-4-8-12(10)18/h1-8,17-18H,(H2,15,16,19)/p+1. The van der Waals surface area contributed by atoms with Gasteiger partial charge in [0, 0.05) is 0 Å². The number of carbonyl (C=O) groups is 1. The molecule has 1 amide bonds. The van der Waals surface area contributed by atoms with E-state index < -0.39 is 5.91 Å². The Hall–Kier alpha value is -2.82.